The Morgan fingerprint density at radius 3 is 2.84 bits per heavy atom. The second-order valence-corrected chi connectivity index (χ2v) is 4.72. The maximum absolute atomic E-state index is 5.68. The van der Waals surface area contributed by atoms with Gasteiger partial charge in [0.15, 0.2) is 0 Å². The number of hydrogen-bond acceptors (Lipinski definition) is 4. The number of ether oxygens (including phenoxy) is 1. The Bertz CT molecular complexity index is 522. The fourth-order valence-corrected chi connectivity index (χ4v) is 1.77. The summed E-state index contributed by atoms with van der Waals surface area (Å²) < 4.78 is 7.48. The van der Waals surface area contributed by atoms with Crippen LogP contribution in [0.1, 0.15) is 25.1 Å². The van der Waals surface area contributed by atoms with Crippen molar-refractivity contribution in [1.82, 2.24) is 20.1 Å². The van der Waals surface area contributed by atoms with Gasteiger partial charge in [0.1, 0.15) is 0 Å². The summed E-state index contributed by atoms with van der Waals surface area (Å²) in [5.74, 6) is 0.700. The van der Waals surface area contributed by atoms with Crippen molar-refractivity contribution in [1.29, 1.82) is 0 Å². The normalized spacial score (nSPS) is 10.9. The van der Waals surface area contributed by atoms with Crippen LogP contribution in [-0.2, 0) is 20.1 Å². The molecule has 5 heteroatoms. The number of aromatic nitrogens is 3. The third kappa shape index (κ3) is 4.06. The lowest BCUT2D eigenvalue weighted by molar-refractivity contribution is 0.229. The average Bonchev–Trinajstić information content (AvgIpc) is 2.77. The smallest absolute Gasteiger partial charge is 0.218 e. The molecule has 0 bridgehead atoms. The minimum absolute atomic E-state index is 0.129. The summed E-state index contributed by atoms with van der Waals surface area (Å²) in [6.07, 6.45) is 3.82. The first-order valence-electron chi connectivity index (χ1n) is 6.45. The van der Waals surface area contributed by atoms with Crippen LogP contribution in [0.2, 0.25) is 0 Å². The molecule has 0 aromatic carbocycles. The number of rotatable bonds is 6. The first-order chi connectivity index (χ1) is 9.15. The van der Waals surface area contributed by atoms with Crippen molar-refractivity contribution in [2.24, 2.45) is 7.05 Å². The molecule has 0 aliphatic heterocycles. The Morgan fingerprint density at radius 1 is 1.32 bits per heavy atom. The van der Waals surface area contributed by atoms with E-state index in [4.69, 9.17) is 4.74 Å². The quantitative estimate of drug-likeness (QED) is 0.861. The predicted octanol–water partition coefficient (Wildman–Crippen LogP) is 1.89. The zero-order valence-electron chi connectivity index (χ0n) is 11.6. The molecule has 0 atom stereocenters. The zero-order valence-corrected chi connectivity index (χ0v) is 11.6. The van der Waals surface area contributed by atoms with E-state index in [0.717, 1.165) is 17.8 Å². The fourth-order valence-electron chi connectivity index (χ4n) is 1.77. The number of aryl methyl sites for hydroxylation is 1. The molecule has 102 valence electrons. The van der Waals surface area contributed by atoms with Gasteiger partial charge in [-0.1, -0.05) is 6.07 Å². The molecular weight excluding hydrogens is 240 g/mol. The van der Waals surface area contributed by atoms with Crippen molar-refractivity contribution < 1.29 is 4.74 Å². The van der Waals surface area contributed by atoms with Crippen LogP contribution in [0, 0.1) is 0 Å². The second-order valence-electron chi connectivity index (χ2n) is 4.72. The second kappa shape index (κ2) is 6.33. The predicted molar refractivity (Wildman–Crippen MR) is 73.8 cm³/mol. The third-order valence-electron chi connectivity index (χ3n) is 2.59. The molecule has 0 unspecified atom stereocenters. The molecule has 0 aliphatic carbocycles. The van der Waals surface area contributed by atoms with E-state index in [2.05, 4.69) is 15.4 Å². The van der Waals surface area contributed by atoms with Gasteiger partial charge in [-0.3, -0.25) is 4.68 Å². The van der Waals surface area contributed by atoms with Gasteiger partial charge in [0.2, 0.25) is 5.88 Å². The third-order valence-corrected chi connectivity index (χ3v) is 2.59. The lowest BCUT2D eigenvalue weighted by atomic mass is 10.2. The van der Waals surface area contributed by atoms with Gasteiger partial charge in [-0.25, -0.2) is 4.98 Å². The minimum Gasteiger partial charge on any atom is -0.475 e. The van der Waals surface area contributed by atoms with E-state index in [9.17, 15) is 0 Å². The van der Waals surface area contributed by atoms with Crippen molar-refractivity contribution in [2.45, 2.75) is 33.0 Å². The summed E-state index contributed by atoms with van der Waals surface area (Å²) in [4.78, 5) is 4.27. The standard InChI is InChI=1S/C14H20N4O/c1-11(2)19-14-12(5-4-7-16-14)9-15-10-13-6-8-18(3)17-13/h4-8,11,15H,9-10H2,1-3H3. The van der Waals surface area contributed by atoms with Crippen LogP contribution in [0.15, 0.2) is 30.6 Å². The molecule has 0 amide bonds. The van der Waals surface area contributed by atoms with Crippen molar-refractivity contribution in [3.05, 3.63) is 41.9 Å². The average molecular weight is 260 g/mol. The van der Waals surface area contributed by atoms with Crippen LogP contribution in [0.4, 0.5) is 0 Å². The molecular formula is C14H20N4O. The molecule has 0 aliphatic rings. The summed E-state index contributed by atoms with van der Waals surface area (Å²) in [6.45, 7) is 5.45. The van der Waals surface area contributed by atoms with Crippen molar-refractivity contribution in [3.8, 4) is 5.88 Å². The first kappa shape index (κ1) is 13.5. The van der Waals surface area contributed by atoms with E-state index in [-0.39, 0.29) is 6.10 Å². The number of hydrogen-bond donors (Lipinski definition) is 1. The number of pyridine rings is 1. The molecule has 0 fully saturated rings. The Morgan fingerprint density at radius 2 is 2.16 bits per heavy atom. The molecule has 1 N–H and O–H groups in total. The first-order valence-corrected chi connectivity index (χ1v) is 6.45. The van der Waals surface area contributed by atoms with Gasteiger partial charge < -0.3 is 10.1 Å². The van der Waals surface area contributed by atoms with Crippen molar-refractivity contribution in [3.63, 3.8) is 0 Å². The van der Waals surface area contributed by atoms with Gasteiger partial charge in [-0.05, 0) is 26.0 Å². The summed E-state index contributed by atoms with van der Waals surface area (Å²) >= 11 is 0. The Kier molecular flexibility index (Phi) is 4.52. The van der Waals surface area contributed by atoms with Crippen molar-refractivity contribution >= 4 is 0 Å². The van der Waals surface area contributed by atoms with Crippen LogP contribution >= 0.6 is 0 Å². The van der Waals surface area contributed by atoms with Crippen LogP contribution < -0.4 is 10.1 Å². The molecule has 19 heavy (non-hydrogen) atoms. The van der Waals surface area contributed by atoms with E-state index in [1.54, 1.807) is 10.9 Å². The van der Waals surface area contributed by atoms with E-state index in [1.165, 1.54) is 0 Å². The van der Waals surface area contributed by atoms with Gasteiger partial charge in [-0.15, -0.1) is 0 Å². The van der Waals surface area contributed by atoms with Gasteiger partial charge in [0, 0.05) is 38.1 Å². The van der Waals surface area contributed by atoms with E-state index >= 15 is 0 Å². The molecule has 0 radical (unpaired) electrons. The summed E-state index contributed by atoms with van der Waals surface area (Å²) in [7, 11) is 1.92. The number of nitrogens with one attached hydrogen (secondary N) is 1. The van der Waals surface area contributed by atoms with Gasteiger partial charge in [-0.2, -0.15) is 5.10 Å². The van der Waals surface area contributed by atoms with Gasteiger partial charge in [0.25, 0.3) is 0 Å². The van der Waals surface area contributed by atoms with Crippen LogP contribution in [0.25, 0.3) is 0 Å². The van der Waals surface area contributed by atoms with Gasteiger partial charge >= 0.3 is 0 Å². The highest BCUT2D eigenvalue weighted by Gasteiger charge is 2.06. The molecule has 0 spiro atoms. The minimum atomic E-state index is 0.129. The highest BCUT2D eigenvalue weighted by Crippen LogP contribution is 2.15. The van der Waals surface area contributed by atoms with E-state index in [1.807, 2.05) is 45.3 Å². The zero-order chi connectivity index (χ0) is 13.7. The molecule has 0 saturated carbocycles. The highest BCUT2D eigenvalue weighted by atomic mass is 16.5. The Hall–Kier alpha value is -1.88. The van der Waals surface area contributed by atoms with E-state index in [0.29, 0.717) is 12.4 Å². The lowest BCUT2D eigenvalue weighted by Crippen LogP contribution is -2.16. The largest absolute Gasteiger partial charge is 0.475 e. The Balaban J connectivity index is 1.92. The van der Waals surface area contributed by atoms with Crippen molar-refractivity contribution in [2.75, 3.05) is 0 Å². The van der Waals surface area contributed by atoms with E-state index < -0.39 is 0 Å². The molecule has 2 aromatic rings. The van der Waals surface area contributed by atoms with Crippen LogP contribution in [0.5, 0.6) is 5.88 Å². The van der Waals surface area contributed by atoms with Crippen LogP contribution in [0.3, 0.4) is 0 Å². The molecule has 2 rings (SSSR count). The molecule has 5 nitrogen and oxygen atoms in total. The highest BCUT2D eigenvalue weighted by molar-refractivity contribution is 5.25. The molecule has 2 aromatic heterocycles. The van der Waals surface area contributed by atoms with Gasteiger partial charge in [0.05, 0.1) is 11.8 Å². The monoisotopic (exact) mass is 260 g/mol. The maximum atomic E-state index is 5.68. The van der Waals surface area contributed by atoms with Crippen LogP contribution in [-0.4, -0.2) is 20.9 Å². The summed E-state index contributed by atoms with van der Waals surface area (Å²) in [5, 5.41) is 7.67. The molecule has 0 saturated heterocycles. The SMILES string of the molecule is CC(C)Oc1ncccc1CNCc1ccn(C)n1. The number of nitrogens with zero attached hydrogens (tertiary/aromatic N) is 3. The Labute approximate surface area is 113 Å². The summed E-state index contributed by atoms with van der Waals surface area (Å²) in [6, 6.07) is 5.95. The fraction of sp³-hybridized carbons (Fsp3) is 0.429. The summed E-state index contributed by atoms with van der Waals surface area (Å²) in [5.41, 5.74) is 2.09. The topological polar surface area (TPSA) is 52.0 Å². The lowest BCUT2D eigenvalue weighted by Gasteiger charge is -2.12. The maximum Gasteiger partial charge on any atom is 0.218 e. The molecule has 2 heterocycles.